The van der Waals surface area contributed by atoms with Gasteiger partial charge in [0.15, 0.2) is 17.5 Å². The van der Waals surface area contributed by atoms with Gasteiger partial charge in [-0.2, -0.15) is 5.10 Å². The zero-order valence-electron chi connectivity index (χ0n) is 42.1. The third-order valence-electron chi connectivity index (χ3n) is 16.0. The zero-order chi connectivity index (χ0) is 53.2. The number of para-hydroxylation sites is 1. The molecule has 1 saturated heterocycles. The highest BCUT2D eigenvalue weighted by molar-refractivity contribution is 7.22. The molecule has 0 spiro atoms. The number of rotatable bonds is 17. The number of hydrogen-bond acceptors (Lipinski definition) is 17. The molecule has 7 atom stereocenters. The first-order valence-corrected chi connectivity index (χ1v) is 26.2. The van der Waals surface area contributed by atoms with Crippen LogP contribution in [0.25, 0.3) is 21.3 Å². The topological polar surface area (TPSA) is 305 Å². The van der Waals surface area contributed by atoms with Crippen molar-refractivity contribution in [3.63, 3.8) is 0 Å². The monoisotopic (exact) mass is 1050 g/mol. The lowest BCUT2D eigenvalue weighted by Crippen LogP contribution is -2.64. The fourth-order valence-corrected chi connectivity index (χ4v) is 14.8. The minimum absolute atomic E-state index is 0.0179. The summed E-state index contributed by atoms with van der Waals surface area (Å²) in [5.74, 6) is -1.93. The summed E-state index contributed by atoms with van der Waals surface area (Å²) in [6.07, 6.45) is -4.15. The van der Waals surface area contributed by atoms with E-state index in [2.05, 4.69) is 24.1 Å². The molecule has 4 aliphatic carbocycles. The van der Waals surface area contributed by atoms with Crippen LogP contribution in [0.15, 0.2) is 60.8 Å². The van der Waals surface area contributed by atoms with Gasteiger partial charge in [0.25, 0.3) is 5.91 Å². The number of aliphatic hydroxyl groups excluding tert-OH is 4. The number of nitrogens with two attached hydrogens (primary N) is 1. The van der Waals surface area contributed by atoms with E-state index in [1.165, 1.54) is 16.2 Å². The number of fused-ring (bicyclic) bond motifs is 2. The van der Waals surface area contributed by atoms with Gasteiger partial charge in [-0.3, -0.25) is 19.6 Å². The molecular formula is C53H64N8O13S. The van der Waals surface area contributed by atoms with E-state index in [1.807, 2.05) is 71.1 Å². The molecule has 2 aromatic carbocycles. The van der Waals surface area contributed by atoms with Crippen molar-refractivity contribution in [2.24, 2.45) is 22.0 Å². The fourth-order valence-electron chi connectivity index (χ4n) is 13.9. The Morgan fingerprint density at radius 2 is 1.68 bits per heavy atom. The average Bonchev–Trinajstić information content (AvgIpc) is 3.96. The molecule has 3 amide bonds. The van der Waals surface area contributed by atoms with Crippen molar-refractivity contribution in [3.8, 4) is 11.1 Å². The number of primary amides is 1. The molecule has 400 valence electrons. The number of carbonyl (C=O) groups excluding carboxylic acids is 3. The highest BCUT2D eigenvalue weighted by atomic mass is 32.1. The van der Waals surface area contributed by atoms with Crippen LogP contribution in [0.4, 0.5) is 15.7 Å². The first-order valence-electron chi connectivity index (χ1n) is 25.3. The second-order valence-electron chi connectivity index (χ2n) is 22.2. The van der Waals surface area contributed by atoms with Crippen LogP contribution in [-0.2, 0) is 43.3 Å². The van der Waals surface area contributed by atoms with Crippen molar-refractivity contribution in [1.82, 2.24) is 24.6 Å². The van der Waals surface area contributed by atoms with Gasteiger partial charge in [-0.15, -0.1) is 0 Å². The second kappa shape index (κ2) is 20.1. The SMILES string of the molecule is Cc1c(-c2ccc(N3CCc4cccc(C(=O)Nc5nc6ccccc6s5)c4C3)nc2C(O)O)cnn1CC12CC3(C)CC(C)(C1)CC(OCCN(CCC(N)=O)C(=O)OC[C@@H]1O[C@H](C(=O)O)[C@@H](O)[C@H](O)[C@H]1O)(C3)C2. The van der Waals surface area contributed by atoms with Gasteiger partial charge >= 0.3 is 12.1 Å². The Labute approximate surface area is 436 Å². The van der Waals surface area contributed by atoms with E-state index in [0.29, 0.717) is 53.7 Å². The predicted octanol–water partition coefficient (Wildman–Crippen LogP) is 4.05. The molecule has 5 fully saturated rings. The molecule has 3 aromatic heterocycles. The van der Waals surface area contributed by atoms with Gasteiger partial charge in [-0.05, 0) is 110 Å². The number of aliphatic hydroxyl groups is 5. The van der Waals surface area contributed by atoms with Crippen molar-refractivity contribution < 1.29 is 64.0 Å². The van der Waals surface area contributed by atoms with E-state index in [-0.39, 0.29) is 54.0 Å². The van der Waals surface area contributed by atoms with Crippen molar-refractivity contribution >= 4 is 56.4 Å². The zero-order valence-corrected chi connectivity index (χ0v) is 42.9. The molecule has 5 aromatic rings. The number of aliphatic carboxylic acids is 1. The first-order chi connectivity index (χ1) is 35.6. The maximum Gasteiger partial charge on any atom is 0.409 e. The number of anilines is 2. The fraction of sp³-hybridized carbons (Fsp3) is 0.528. The minimum Gasteiger partial charge on any atom is -0.479 e. The van der Waals surface area contributed by atoms with E-state index < -0.39 is 67.0 Å². The molecule has 75 heavy (non-hydrogen) atoms. The molecule has 4 saturated carbocycles. The molecule has 2 unspecified atom stereocenters. The van der Waals surface area contributed by atoms with Crippen molar-refractivity contribution in [2.45, 2.75) is 128 Å². The third kappa shape index (κ3) is 10.5. The summed E-state index contributed by atoms with van der Waals surface area (Å²) in [5, 5.41) is 70.3. The molecule has 2 aliphatic heterocycles. The Balaban J connectivity index is 0.825. The summed E-state index contributed by atoms with van der Waals surface area (Å²) in [6.45, 7) is 7.52. The highest BCUT2D eigenvalue weighted by Crippen LogP contribution is 2.72. The lowest BCUT2D eigenvalue weighted by Gasteiger charge is -2.69. The summed E-state index contributed by atoms with van der Waals surface area (Å²) in [6, 6.07) is 17.2. The van der Waals surface area contributed by atoms with E-state index in [9.17, 15) is 49.8 Å². The lowest BCUT2D eigenvalue weighted by molar-refractivity contribution is -0.248. The average molecular weight is 1050 g/mol. The van der Waals surface area contributed by atoms with Crippen LogP contribution in [0, 0.1) is 23.2 Å². The number of carbonyl (C=O) groups is 4. The Morgan fingerprint density at radius 1 is 0.920 bits per heavy atom. The van der Waals surface area contributed by atoms with Crippen LogP contribution in [-0.4, -0.2) is 148 Å². The van der Waals surface area contributed by atoms with Gasteiger partial charge in [-0.25, -0.2) is 19.6 Å². The highest BCUT2D eigenvalue weighted by Gasteiger charge is 2.66. The number of carboxylic acid groups (broad SMARTS) is 1. The molecule has 9 N–H and O–H groups in total. The van der Waals surface area contributed by atoms with Gasteiger partial charge in [0, 0.05) is 61.5 Å². The number of ether oxygens (including phenoxy) is 3. The van der Waals surface area contributed by atoms with Gasteiger partial charge in [0.05, 0.1) is 28.6 Å². The van der Waals surface area contributed by atoms with Crippen LogP contribution in [0.3, 0.4) is 0 Å². The number of carboxylic acids is 1. The number of nitrogens with zero attached hydrogens (tertiary/aromatic N) is 6. The smallest absolute Gasteiger partial charge is 0.409 e. The predicted molar refractivity (Wildman–Crippen MR) is 272 cm³/mol. The van der Waals surface area contributed by atoms with Crippen molar-refractivity contribution in [1.29, 1.82) is 0 Å². The quantitative estimate of drug-likeness (QED) is 0.0609. The number of nitrogens with one attached hydrogen (secondary N) is 1. The van der Waals surface area contributed by atoms with E-state index in [0.717, 1.165) is 65.6 Å². The van der Waals surface area contributed by atoms with Gasteiger partial charge in [0.1, 0.15) is 42.5 Å². The first kappa shape index (κ1) is 52.3. The molecule has 22 heteroatoms. The molecular weight excluding hydrogens is 989 g/mol. The van der Waals surface area contributed by atoms with Crippen LogP contribution < -0.4 is 16.0 Å². The Hall–Kier alpha value is -6.11. The Morgan fingerprint density at radius 3 is 2.40 bits per heavy atom. The molecule has 11 rings (SSSR count). The Kier molecular flexibility index (Phi) is 14.0. The minimum atomic E-state index is -1.90. The summed E-state index contributed by atoms with van der Waals surface area (Å²) in [7, 11) is 0. The summed E-state index contributed by atoms with van der Waals surface area (Å²) in [4.78, 5) is 63.4. The van der Waals surface area contributed by atoms with Crippen LogP contribution in [0.2, 0.25) is 0 Å². The van der Waals surface area contributed by atoms with Crippen LogP contribution >= 0.6 is 11.3 Å². The third-order valence-corrected chi connectivity index (χ3v) is 17.0. The maximum atomic E-state index is 13.7. The molecule has 4 bridgehead atoms. The van der Waals surface area contributed by atoms with Gasteiger partial charge in [-0.1, -0.05) is 49.4 Å². The normalized spacial score (nSPS) is 28.9. The lowest BCUT2D eigenvalue weighted by atomic mass is 9.39. The summed E-state index contributed by atoms with van der Waals surface area (Å²) >= 11 is 1.41. The maximum absolute atomic E-state index is 13.7. The summed E-state index contributed by atoms with van der Waals surface area (Å²) < 4.78 is 20.6. The molecule has 0 radical (unpaired) electrons. The van der Waals surface area contributed by atoms with E-state index in [1.54, 1.807) is 6.20 Å². The van der Waals surface area contributed by atoms with Crippen LogP contribution in [0.5, 0.6) is 0 Å². The number of thiazole rings is 1. The van der Waals surface area contributed by atoms with E-state index >= 15 is 0 Å². The molecule has 5 heterocycles. The number of pyridine rings is 1. The number of aromatic nitrogens is 4. The summed E-state index contributed by atoms with van der Waals surface area (Å²) in [5.41, 5.74) is 10.0. The van der Waals surface area contributed by atoms with Crippen molar-refractivity contribution in [3.05, 3.63) is 88.9 Å². The van der Waals surface area contributed by atoms with Gasteiger partial charge in [0.2, 0.25) is 5.91 Å². The van der Waals surface area contributed by atoms with E-state index in [4.69, 9.17) is 30.0 Å². The number of amides is 3. The number of benzene rings is 2. The van der Waals surface area contributed by atoms with Crippen LogP contribution in [0.1, 0.15) is 98.0 Å². The molecule has 6 aliphatic rings. The largest absolute Gasteiger partial charge is 0.479 e. The van der Waals surface area contributed by atoms with Crippen molar-refractivity contribution in [2.75, 3.05) is 43.1 Å². The number of hydrogen-bond donors (Lipinski definition) is 8. The standard InChI is InChI=1S/C53H64N8O13S/c1-29-33(31-11-12-39(57-40(31)46(67)68)60-15-13-30-7-6-8-32(34(30)20-60)45(66)58-48-56-35-9-4-5-10-37(35)75-48)19-55-61(29)28-52-23-50(2)22-51(3,24-52)26-53(25-50,27-52)73-18-17-59(16-14-38(54)62)49(71)72-21-36-41(63)42(64)43(65)44(74-36)47(69)70/h4-12,19,36,41-44,46,63-65,67-68H,13-18,20-28H2,1-3H3,(H2,54,62)(H,69,70)(H,56,58,66)/t36-,41-,42+,43-,44-,50?,51?,52?,53?/m0/s1. The second-order valence-corrected chi connectivity index (χ2v) is 23.3. The van der Waals surface area contributed by atoms with Gasteiger partial charge < -0.3 is 60.4 Å². The molecule has 21 nitrogen and oxygen atoms in total. The Bertz CT molecular complexity index is 2970.